The first-order chi connectivity index (χ1) is 12.4. The summed E-state index contributed by atoms with van der Waals surface area (Å²) < 4.78 is 5.19. The summed E-state index contributed by atoms with van der Waals surface area (Å²) in [6.45, 7) is 1.59. The van der Waals surface area contributed by atoms with Crippen molar-refractivity contribution in [3.8, 4) is 0 Å². The van der Waals surface area contributed by atoms with Crippen molar-refractivity contribution >= 4 is 34.8 Å². The fourth-order valence-electron chi connectivity index (χ4n) is 3.55. The first-order valence-corrected chi connectivity index (χ1v) is 9.61. The van der Waals surface area contributed by atoms with Crippen LogP contribution in [0.25, 0.3) is 0 Å². The van der Waals surface area contributed by atoms with Gasteiger partial charge >= 0.3 is 0 Å². The molecule has 1 aromatic rings. The molecule has 144 valence electrons. The van der Waals surface area contributed by atoms with Crippen LogP contribution in [0.5, 0.6) is 0 Å². The van der Waals surface area contributed by atoms with Crippen LogP contribution >= 0.6 is 23.2 Å². The standard InChI is InChI=1S/C18H24Cl2N2O4/c19-12-3-4-16(14(20)8-12)22-6-1-2-15(17(22)24)21-10-13(23)9-18(25)5-7-26-11-18/h3-4,8,13,15,21,23,25H,1-2,5-7,9-11H2. The monoisotopic (exact) mass is 402 g/mol. The second-order valence-electron chi connectivity index (χ2n) is 7.07. The lowest BCUT2D eigenvalue weighted by atomic mass is 9.95. The lowest BCUT2D eigenvalue weighted by Crippen LogP contribution is -2.52. The number of carbonyl (C=O) groups is 1. The number of hydrogen-bond donors (Lipinski definition) is 3. The van der Waals surface area contributed by atoms with Crippen LogP contribution in [-0.4, -0.2) is 60.2 Å². The Morgan fingerprint density at radius 3 is 2.92 bits per heavy atom. The predicted molar refractivity (Wildman–Crippen MR) is 101 cm³/mol. The molecule has 2 fully saturated rings. The van der Waals surface area contributed by atoms with Gasteiger partial charge in [-0.05, 0) is 31.0 Å². The van der Waals surface area contributed by atoms with Gasteiger partial charge in [0.2, 0.25) is 5.91 Å². The van der Waals surface area contributed by atoms with Gasteiger partial charge in [-0.1, -0.05) is 23.2 Å². The van der Waals surface area contributed by atoms with Gasteiger partial charge in [-0.2, -0.15) is 0 Å². The summed E-state index contributed by atoms with van der Waals surface area (Å²) in [5.41, 5.74) is -0.328. The molecule has 3 atom stereocenters. The quantitative estimate of drug-likeness (QED) is 0.677. The summed E-state index contributed by atoms with van der Waals surface area (Å²) in [4.78, 5) is 14.5. The summed E-state index contributed by atoms with van der Waals surface area (Å²) in [7, 11) is 0. The van der Waals surface area contributed by atoms with Crippen LogP contribution in [0.1, 0.15) is 25.7 Å². The van der Waals surface area contributed by atoms with Crippen LogP contribution < -0.4 is 10.2 Å². The number of aliphatic hydroxyl groups is 2. The minimum Gasteiger partial charge on any atom is -0.392 e. The zero-order valence-corrected chi connectivity index (χ0v) is 16.0. The topological polar surface area (TPSA) is 82.0 Å². The van der Waals surface area contributed by atoms with Crippen molar-refractivity contribution < 1.29 is 19.7 Å². The molecule has 3 rings (SSSR count). The number of ether oxygens (including phenoxy) is 1. The molecule has 3 N–H and O–H groups in total. The maximum absolute atomic E-state index is 12.8. The highest BCUT2D eigenvalue weighted by Crippen LogP contribution is 2.31. The molecule has 0 aliphatic carbocycles. The molecule has 2 heterocycles. The summed E-state index contributed by atoms with van der Waals surface area (Å²) >= 11 is 12.2. The number of amides is 1. The van der Waals surface area contributed by atoms with Gasteiger partial charge in [-0.3, -0.25) is 4.79 Å². The summed E-state index contributed by atoms with van der Waals surface area (Å²) in [5, 5.41) is 24.6. The third kappa shape index (κ3) is 4.68. The zero-order valence-electron chi connectivity index (χ0n) is 14.5. The molecule has 2 aliphatic rings. The number of piperidine rings is 1. The van der Waals surface area contributed by atoms with Crippen LogP contribution in [0.4, 0.5) is 5.69 Å². The summed E-state index contributed by atoms with van der Waals surface area (Å²) in [6, 6.07) is 4.69. The molecule has 0 bridgehead atoms. The third-order valence-corrected chi connectivity index (χ3v) is 5.47. The molecular weight excluding hydrogens is 379 g/mol. The van der Waals surface area contributed by atoms with Crippen molar-refractivity contribution in [3.63, 3.8) is 0 Å². The number of rotatable bonds is 6. The molecule has 1 aromatic carbocycles. The predicted octanol–water partition coefficient (Wildman–Crippen LogP) is 1.98. The first kappa shape index (κ1) is 19.9. The van der Waals surface area contributed by atoms with Crippen LogP contribution in [0.3, 0.4) is 0 Å². The fraction of sp³-hybridized carbons (Fsp3) is 0.611. The van der Waals surface area contributed by atoms with E-state index in [9.17, 15) is 15.0 Å². The van der Waals surface area contributed by atoms with E-state index in [4.69, 9.17) is 27.9 Å². The van der Waals surface area contributed by atoms with Crippen molar-refractivity contribution in [2.24, 2.45) is 0 Å². The lowest BCUT2D eigenvalue weighted by molar-refractivity contribution is -0.121. The maximum atomic E-state index is 12.8. The molecule has 0 spiro atoms. The van der Waals surface area contributed by atoms with E-state index in [-0.39, 0.29) is 31.5 Å². The number of halogens is 2. The molecule has 3 unspecified atom stereocenters. The largest absolute Gasteiger partial charge is 0.392 e. The number of carbonyl (C=O) groups excluding carboxylic acids is 1. The fourth-order valence-corrected chi connectivity index (χ4v) is 4.06. The van der Waals surface area contributed by atoms with Gasteiger partial charge < -0.3 is 25.2 Å². The molecule has 0 saturated carbocycles. The molecule has 1 amide bonds. The average molecular weight is 403 g/mol. The van der Waals surface area contributed by atoms with Gasteiger partial charge in [-0.25, -0.2) is 0 Å². The number of hydrogen-bond acceptors (Lipinski definition) is 5. The highest BCUT2D eigenvalue weighted by atomic mass is 35.5. The van der Waals surface area contributed by atoms with Gasteiger partial charge in [0, 0.05) is 37.6 Å². The Morgan fingerprint density at radius 2 is 2.23 bits per heavy atom. The molecule has 0 radical (unpaired) electrons. The molecule has 0 aromatic heterocycles. The smallest absolute Gasteiger partial charge is 0.244 e. The van der Waals surface area contributed by atoms with Crippen molar-refractivity contribution in [3.05, 3.63) is 28.2 Å². The van der Waals surface area contributed by atoms with Gasteiger partial charge in [-0.15, -0.1) is 0 Å². The Hall–Kier alpha value is -0.890. The molecule has 6 nitrogen and oxygen atoms in total. The Bertz CT molecular complexity index is 652. The normalized spacial score (nSPS) is 27.8. The average Bonchev–Trinajstić information content (AvgIpc) is 3.00. The summed E-state index contributed by atoms with van der Waals surface area (Å²) in [6.07, 6.45) is 1.53. The van der Waals surface area contributed by atoms with E-state index in [2.05, 4.69) is 5.32 Å². The van der Waals surface area contributed by atoms with Crippen molar-refractivity contribution in [1.29, 1.82) is 0 Å². The summed E-state index contributed by atoms with van der Waals surface area (Å²) in [5.74, 6) is -0.0735. The van der Waals surface area contributed by atoms with E-state index in [1.54, 1.807) is 23.1 Å². The van der Waals surface area contributed by atoms with E-state index in [1.807, 2.05) is 0 Å². The minimum atomic E-state index is -0.972. The Labute approximate surface area is 163 Å². The van der Waals surface area contributed by atoms with Crippen LogP contribution in [0.2, 0.25) is 10.0 Å². The van der Waals surface area contributed by atoms with Gasteiger partial charge in [0.15, 0.2) is 0 Å². The highest BCUT2D eigenvalue weighted by molar-refractivity contribution is 6.36. The molecule has 8 heteroatoms. The van der Waals surface area contributed by atoms with Crippen LogP contribution in [0, 0.1) is 0 Å². The molecule has 2 saturated heterocycles. The second kappa shape index (κ2) is 8.42. The van der Waals surface area contributed by atoms with E-state index >= 15 is 0 Å². The van der Waals surface area contributed by atoms with E-state index in [0.29, 0.717) is 41.7 Å². The number of benzene rings is 1. The number of nitrogens with one attached hydrogen (secondary N) is 1. The molecule has 26 heavy (non-hydrogen) atoms. The number of anilines is 1. The molecule has 2 aliphatic heterocycles. The first-order valence-electron chi connectivity index (χ1n) is 8.86. The Kier molecular flexibility index (Phi) is 6.43. The van der Waals surface area contributed by atoms with E-state index < -0.39 is 11.7 Å². The van der Waals surface area contributed by atoms with E-state index in [1.165, 1.54) is 0 Å². The third-order valence-electron chi connectivity index (χ3n) is 4.94. The van der Waals surface area contributed by atoms with Gasteiger partial charge in [0.1, 0.15) is 0 Å². The lowest BCUT2D eigenvalue weighted by Gasteiger charge is -2.34. The van der Waals surface area contributed by atoms with Crippen LogP contribution in [-0.2, 0) is 9.53 Å². The maximum Gasteiger partial charge on any atom is 0.244 e. The van der Waals surface area contributed by atoms with Crippen LogP contribution in [0.15, 0.2) is 18.2 Å². The number of aliphatic hydroxyl groups excluding tert-OH is 1. The van der Waals surface area contributed by atoms with E-state index in [0.717, 1.165) is 6.42 Å². The zero-order chi connectivity index (χ0) is 18.7. The van der Waals surface area contributed by atoms with Crippen molar-refractivity contribution in [2.75, 3.05) is 31.2 Å². The van der Waals surface area contributed by atoms with Crippen molar-refractivity contribution in [1.82, 2.24) is 5.32 Å². The van der Waals surface area contributed by atoms with Gasteiger partial charge in [0.05, 0.1) is 35.1 Å². The Balaban J connectivity index is 1.57. The van der Waals surface area contributed by atoms with Crippen molar-refractivity contribution in [2.45, 2.75) is 43.4 Å². The second-order valence-corrected chi connectivity index (χ2v) is 7.92. The minimum absolute atomic E-state index is 0.0735. The molecular formula is C18H24Cl2N2O4. The van der Waals surface area contributed by atoms with Gasteiger partial charge in [0.25, 0.3) is 0 Å². The number of nitrogens with zero attached hydrogens (tertiary/aromatic N) is 1. The SMILES string of the molecule is O=C1C(NCC(O)CC2(O)CCOC2)CCCN1c1ccc(Cl)cc1Cl. The Morgan fingerprint density at radius 1 is 1.42 bits per heavy atom. The highest BCUT2D eigenvalue weighted by Gasteiger charge is 2.35.